The summed E-state index contributed by atoms with van der Waals surface area (Å²) in [5, 5.41) is 4.83. The molecule has 1 aliphatic carbocycles. The van der Waals surface area contributed by atoms with Crippen LogP contribution in [0.4, 0.5) is 0 Å². The molecule has 1 heterocycles. The predicted octanol–water partition coefficient (Wildman–Crippen LogP) is 3.27. The Bertz CT molecular complexity index is 529. The molecule has 1 aromatic heterocycles. The van der Waals surface area contributed by atoms with E-state index >= 15 is 0 Å². The summed E-state index contributed by atoms with van der Waals surface area (Å²) in [6, 6.07) is 12.5. The Balaban J connectivity index is 1.76. The number of benzene rings is 1. The molecule has 3 rings (SSSR count). The van der Waals surface area contributed by atoms with Crippen LogP contribution in [0.5, 0.6) is 0 Å². The van der Waals surface area contributed by atoms with Gasteiger partial charge < -0.3 is 5.32 Å². The van der Waals surface area contributed by atoms with Crippen LogP contribution in [0.3, 0.4) is 0 Å². The van der Waals surface area contributed by atoms with Crippen LogP contribution < -0.4 is 5.32 Å². The predicted molar refractivity (Wildman–Crippen MR) is 70.8 cm³/mol. The highest BCUT2D eigenvalue weighted by Crippen LogP contribution is 2.31. The number of para-hydroxylation sites is 1. The van der Waals surface area contributed by atoms with Gasteiger partial charge in [0.15, 0.2) is 0 Å². The zero-order chi connectivity index (χ0) is 11.7. The summed E-state index contributed by atoms with van der Waals surface area (Å²) in [4.78, 5) is 4.67. The molecule has 2 nitrogen and oxygen atoms in total. The van der Waals surface area contributed by atoms with Crippen molar-refractivity contribution in [2.45, 2.75) is 38.3 Å². The molecule has 0 unspecified atom stereocenters. The number of fused-ring (bicyclic) bond motifs is 1. The molecule has 1 fully saturated rings. The van der Waals surface area contributed by atoms with E-state index in [4.69, 9.17) is 0 Å². The van der Waals surface area contributed by atoms with Gasteiger partial charge in [0.05, 0.1) is 11.2 Å². The van der Waals surface area contributed by atoms with E-state index in [9.17, 15) is 0 Å². The van der Waals surface area contributed by atoms with Crippen molar-refractivity contribution in [1.29, 1.82) is 0 Å². The van der Waals surface area contributed by atoms with Gasteiger partial charge in [0.25, 0.3) is 0 Å². The number of nitrogens with zero attached hydrogens (tertiary/aromatic N) is 1. The quantitative estimate of drug-likeness (QED) is 0.869. The van der Waals surface area contributed by atoms with E-state index in [-0.39, 0.29) is 0 Å². The van der Waals surface area contributed by atoms with Crippen molar-refractivity contribution in [2.24, 2.45) is 0 Å². The molecule has 0 spiro atoms. The average Bonchev–Trinajstić information content (AvgIpc) is 2.34. The Morgan fingerprint density at radius 2 is 2.00 bits per heavy atom. The van der Waals surface area contributed by atoms with E-state index in [0.717, 1.165) is 17.8 Å². The Morgan fingerprint density at radius 3 is 2.76 bits per heavy atom. The van der Waals surface area contributed by atoms with Gasteiger partial charge in [-0.1, -0.05) is 24.3 Å². The van der Waals surface area contributed by atoms with Crippen LogP contribution >= 0.6 is 0 Å². The Labute approximate surface area is 102 Å². The third kappa shape index (κ3) is 2.18. The van der Waals surface area contributed by atoms with Crippen LogP contribution in [0, 0.1) is 0 Å². The molecule has 2 aromatic rings. The van der Waals surface area contributed by atoms with Gasteiger partial charge in [-0.3, -0.25) is 4.98 Å². The maximum atomic E-state index is 4.67. The minimum atomic E-state index is 0.354. The summed E-state index contributed by atoms with van der Waals surface area (Å²) >= 11 is 0. The van der Waals surface area contributed by atoms with Crippen molar-refractivity contribution >= 4 is 10.9 Å². The average molecular weight is 226 g/mol. The first-order valence-electron chi connectivity index (χ1n) is 6.35. The fraction of sp³-hybridized carbons (Fsp3) is 0.400. The minimum absolute atomic E-state index is 0.354. The molecule has 0 bridgehead atoms. The Morgan fingerprint density at radius 1 is 1.18 bits per heavy atom. The molecule has 0 amide bonds. The molecule has 1 aromatic carbocycles. The van der Waals surface area contributed by atoms with Gasteiger partial charge in [-0.2, -0.15) is 0 Å². The van der Waals surface area contributed by atoms with Gasteiger partial charge in [-0.15, -0.1) is 0 Å². The van der Waals surface area contributed by atoms with E-state index in [2.05, 4.69) is 47.6 Å². The molecule has 0 atom stereocenters. The lowest BCUT2D eigenvalue weighted by Gasteiger charge is -2.39. The van der Waals surface area contributed by atoms with E-state index in [1.165, 1.54) is 24.6 Å². The Kier molecular flexibility index (Phi) is 2.60. The number of nitrogens with one attached hydrogen (secondary N) is 1. The fourth-order valence-electron chi connectivity index (χ4n) is 2.39. The lowest BCUT2D eigenvalue weighted by atomic mass is 9.78. The molecule has 88 valence electrons. The number of rotatable bonds is 3. The largest absolute Gasteiger partial charge is 0.306 e. The van der Waals surface area contributed by atoms with Gasteiger partial charge in [-0.05, 0) is 38.3 Å². The summed E-state index contributed by atoms with van der Waals surface area (Å²) in [5.41, 5.74) is 2.58. The zero-order valence-corrected chi connectivity index (χ0v) is 10.2. The topological polar surface area (TPSA) is 24.9 Å². The Hall–Kier alpha value is -1.41. The molecule has 17 heavy (non-hydrogen) atoms. The number of hydrogen-bond acceptors (Lipinski definition) is 2. The summed E-state index contributed by atoms with van der Waals surface area (Å²) in [5.74, 6) is 0. The molecule has 1 saturated carbocycles. The summed E-state index contributed by atoms with van der Waals surface area (Å²) in [6.45, 7) is 3.18. The minimum Gasteiger partial charge on any atom is -0.306 e. The van der Waals surface area contributed by atoms with Crippen molar-refractivity contribution in [3.05, 3.63) is 42.1 Å². The van der Waals surface area contributed by atoms with Gasteiger partial charge >= 0.3 is 0 Å². The number of hydrogen-bond donors (Lipinski definition) is 1. The van der Waals surface area contributed by atoms with Gasteiger partial charge in [-0.25, -0.2) is 0 Å². The SMILES string of the molecule is CC1(NCc2ccc3ccccc3n2)CCC1. The first-order chi connectivity index (χ1) is 8.25. The first-order valence-corrected chi connectivity index (χ1v) is 6.35. The van der Waals surface area contributed by atoms with Gasteiger partial charge in [0, 0.05) is 17.5 Å². The normalized spacial score (nSPS) is 17.9. The maximum Gasteiger partial charge on any atom is 0.0705 e. The summed E-state index contributed by atoms with van der Waals surface area (Å²) in [7, 11) is 0. The van der Waals surface area contributed by atoms with Crippen LogP contribution in [-0.2, 0) is 6.54 Å². The maximum absolute atomic E-state index is 4.67. The lowest BCUT2D eigenvalue weighted by molar-refractivity contribution is 0.206. The summed E-state index contributed by atoms with van der Waals surface area (Å²) in [6.07, 6.45) is 3.94. The van der Waals surface area contributed by atoms with Crippen LogP contribution in [-0.4, -0.2) is 10.5 Å². The van der Waals surface area contributed by atoms with Crippen molar-refractivity contribution < 1.29 is 0 Å². The monoisotopic (exact) mass is 226 g/mol. The molecule has 0 saturated heterocycles. The van der Waals surface area contributed by atoms with Crippen molar-refractivity contribution in [3.63, 3.8) is 0 Å². The fourth-order valence-corrected chi connectivity index (χ4v) is 2.39. The molecular weight excluding hydrogens is 208 g/mol. The smallest absolute Gasteiger partial charge is 0.0705 e. The van der Waals surface area contributed by atoms with Crippen LogP contribution in [0.15, 0.2) is 36.4 Å². The van der Waals surface area contributed by atoms with Crippen molar-refractivity contribution in [1.82, 2.24) is 10.3 Å². The van der Waals surface area contributed by atoms with Crippen LogP contribution in [0.25, 0.3) is 10.9 Å². The van der Waals surface area contributed by atoms with Crippen molar-refractivity contribution in [3.8, 4) is 0 Å². The van der Waals surface area contributed by atoms with E-state index in [1.54, 1.807) is 0 Å². The summed E-state index contributed by atoms with van der Waals surface area (Å²) < 4.78 is 0. The zero-order valence-electron chi connectivity index (χ0n) is 10.2. The van der Waals surface area contributed by atoms with E-state index in [1.807, 2.05) is 6.07 Å². The van der Waals surface area contributed by atoms with Gasteiger partial charge in [0.2, 0.25) is 0 Å². The number of aromatic nitrogens is 1. The number of pyridine rings is 1. The van der Waals surface area contributed by atoms with Gasteiger partial charge in [0.1, 0.15) is 0 Å². The molecule has 2 heteroatoms. The highest BCUT2D eigenvalue weighted by molar-refractivity contribution is 5.78. The molecular formula is C15H18N2. The second kappa shape index (κ2) is 4.11. The molecule has 0 aliphatic heterocycles. The highest BCUT2D eigenvalue weighted by Gasteiger charge is 2.30. The van der Waals surface area contributed by atoms with E-state index in [0.29, 0.717) is 5.54 Å². The molecule has 0 radical (unpaired) electrons. The third-order valence-electron chi connectivity index (χ3n) is 3.81. The highest BCUT2D eigenvalue weighted by atomic mass is 15.0. The second-order valence-electron chi connectivity index (χ2n) is 5.26. The molecule has 1 aliphatic rings. The molecule has 1 N–H and O–H groups in total. The van der Waals surface area contributed by atoms with Crippen molar-refractivity contribution in [2.75, 3.05) is 0 Å². The van der Waals surface area contributed by atoms with E-state index < -0.39 is 0 Å². The first kappa shape index (κ1) is 10.7. The standard InChI is InChI=1S/C15H18N2/c1-15(9-4-10-15)16-11-13-8-7-12-5-2-3-6-14(12)17-13/h2-3,5-8,16H,4,9-11H2,1H3. The second-order valence-corrected chi connectivity index (χ2v) is 5.26. The van der Waals surface area contributed by atoms with Crippen LogP contribution in [0.1, 0.15) is 31.9 Å². The lowest BCUT2D eigenvalue weighted by Crippen LogP contribution is -2.47. The van der Waals surface area contributed by atoms with Crippen LogP contribution in [0.2, 0.25) is 0 Å². The third-order valence-corrected chi connectivity index (χ3v) is 3.81.